The van der Waals surface area contributed by atoms with Crippen LogP contribution in [0.1, 0.15) is 38.8 Å². The first kappa shape index (κ1) is 22.5. The van der Waals surface area contributed by atoms with Gasteiger partial charge in [0, 0.05) is 10.9 Å². The van der Waals surface area contributed by atoms with Crippen LogP contribution >= 0.6 is 7.37 Å². The first-order valence-electron chi connectivity index (χ1n) is 9.67. The number of aryl methyl sites for hydroxylation is 1. The molecule has 0 aliphatic carbocycles. The predicted molar refractivity (Wildman–Crippen MR) is 119 cm³/mol. The van der Waals surface area contributed by atoms with Crippen molar-refractivity contribution in [2.45, 2.75) is 13.3 Å². The van der Waals surface area contributed by atoms with Crippen molar-refractivity contribution >= 4 is 24.0 Å². The normalized spacial score (nSPS) is 12.6. The maximum atomic E-state index is 13.4. The molecule has 6 nitrogen and oxygen atoms in total. The molecule has 0 spiro atoms. The summed E-state index contributed by atoms with van der Waals surface area (Å²) in [5.74, 6) is -0.424. The van der Waals surface area contributed by atoms with Gasteiger partial charge in [-0.25, -0.2) is 0 Å². The van der Waals surface area contributed by atoms with Crippen LogP contribution in [-0.4, -0.2) is 30.4 Å². The zero-order valence-electron chi connectivity index (χ0n) is 17.5. The number of methoxy groups -OCH3 is 2. The molecular weight excluding hydrogens is 415 g/mol. The van der Waals surface area contributed by atoms with Crippen LogP contribution in [0.15, 0.2) is 66.7 Å². The SMILES string of the molecule is CCc1ccccc1P(=O)(O)C(=O)c1c(OC)ccc(C(=O)c2ccccc2)c1OC. The fourth-order valence-electron chi connectivity index (χ4n) is 3.44. The summed E-state index contributed by atoms with van der Waals surface area (Å²) in [6.07, 6.45) is 0.481. The van der Waals surface area contributed by atoms with Crippen LogP contribution in [-0.2, 0) is 11.0 Å². The molecule has 0 saturated carbocycles. The van der Waals surface area contributed by atoms with Crippen molar-refractivity contribution in [2.24, 2.45) is 0 Å². The Bertz CT molecular complexity index is 1170. The predicted octanol–water partition coefficient (Wildman–Crippen LogP) is 4.23. The number of ether oxygens (including phenoxy) is 2. The van der Waals surface area contributed by atoms with E-state index in [9.17, 15) is 19.0 Å². The number of ketones is 1. The second-order valence-corrected chi connectivity index (χ2v) is 8.82. The molecule has 0 aliphatic heterocycles. The summed E-state index contributed by atoms with van der Waals surface area (Å²) in [6, 6.07) is 17.9. The van der Waals surface area contributed by atoms with Crippen LogP contribution in [0, 0.1) is 0 Å². The monoisotopic (exact) mass is 438 g/mol. The lowest BCUT2D eigenvalue weighted by atomic mass is 9.99. The van der Waals surface area contributed by atoms with Crippen LogP contribution in [0.5, 0.6) is 11.5 Å². The van der Waals surface area contributed by atoms with Gasteiger partial charge in [0.2, 0.25) is 0 Å². The van der Waals surface area contributed by atoms with Crippen molar-refractivity contribution in [3.05, 3.63) is 89.0 Å². The molecule has 7 heteroatoms. The number of hydrogen-bond donors (Lipinski definition) is 1. The minimum atomic E-state index is -4.52. The summed E-state index contributed by atoms with van der Waals surface area (Å²) in [7, 11) is -1.88. The molecule has 0 amide bonds. The van der Waals surface area contributed by atoms with Crippen molar-refractivity contribution < 1.29 is 28.5 Å². The second-order valence-electron chi connectivity index (χ2n) is 6.78. The Morgan fingerprint density at radius 1 is 0.903 bits per heavy atom. The quantitative estimate of drug-likeness (QED) is 0.418. The minimum absolute atomic E-state index is 0.0507. The van der Waals surface area contributed by atoms with E-state index in [0.717, 1.165) is 0 Å². The molecule has 0 bridgehead atoms. The number of rotatable bonds is 8. The molecule has 1 N–H and O–H groups in total. The van der Waals surface area contributed by atoms with Crippen molar-refractivity contribution in [1.29, 1.82) is 0 Å². The Morgan fingerprint density at radius 2 is 1.55 bits per heavy atom. The lowest BCUT2D eigenvalue weighted by Gasteiger charge is -2.19. The van der Waals surface area contributed by atoms with Gasteiger partial charge in [-0.3, -0.25) is 14.2 Å². The largest absolute Gasteiger partial charge is 0.496 e. The van der Waals surface area contributed by atoms with Gasteiger partial charge < -0.3 is 14.4 Å². The molecule has 1 unspecified atom stereocenters. The molecule has 3 aromatic carbocycles. The van der Waals surface area contributed by atoms with Gasteiger partial charge in [0.15, 0.2) is 5.78 Å². The molecule has 1 atom stereocenters. The van der Waals surface area contributed by atoms with Gasteiger partial charge in [-0.1, -0.05) is 55.5 Å². The fourth-order valence-corrected chi connectivity index (χ4v) is 5.08. The summed E-state index contributed by atoms with van der Waals surface area (Å²) in [6.45, 7) is 1.84. The standard InChI is InChI=1S/C24H23O6P/c1-4-16-10-8-9-13-20(16)31(27,28)24(26)21-19(29-2)15-14-18(23(21)30-3)22(25)17-11-6-5-7-12-17/h5-15H,4H2,1-3H3,(H,27,28). The van der Waals surface area contributed by atoms with E-state index in [-0.39, 0.29) is 33.7 Å². The van der Waals surface area contributed by atoms with Crippen LogP contribution in [0.3, 0.4) is 0 Å². The second kappa shape index (κ2) is 9.29. The zero-order valence-corrected chi connectivity index (χ0v) is 18.4. The third kappa shape index (κ3) is 4.18. The molecule has 0 aliphatic rings. The maximum absolute atomic E-state index is 13.4. The first-order chi connectivity index (χ1) is 14.9. The summed E-state index contributed by atoms with van der Waals surface area (Å²) in [4.78, 5) is 37.4. The van der Waals surface area contributed by atoms with E-state index in [1.807, 2.05) is 6.92 Å². The van der Waals surface area contributed by atoms with Gasteiger partial charge in [0.05, 0.1) is 19.8 Å². The Kier molecular flexibility index (Phi) is 6.74. The Morgan fingerprint density at radius 3 is 2.16 bits per heavy atom. The summed E-state index contributed by atoms with van der Waals surface area (Å²) < 4.78 is 24.1. The van der Waals surface area contributed by atoms with Crippen LogP contribution in [0.2, 0.25) is 0 Å². The highest BCUT2D eigenvalue weighted by Gasteiger charge is 2.39. The van der Waals surface area contributed by atoms with Crippen molar-refractivity contribution in [3.63, 3.8) is 0 Å². The molecule has 0 saturated heterocycles. The third-order valence-corrected chi connectivity index (χ3v) is 6.88. The summed E-state index contributed by atoms with van der Waals surface area (Å²) >= 11 is 0. The van der Waals surface area contributed by atoms with E-state index in [0.29, 0.717) is 17.5 Å². The first-order valence-corrected chi connectivity index (χ1v) is 11.3. The van der Waals surface area contributed by atoms with Gasteiger partial charge in [-0.05, 0) is 30.2 Å². The molecule has 0 fully saturated rings. The zero-order chi connectivity index (χ0) is 22.6. The average Bonchev–Trinajstić information content (AvgIpc) is 2.82. The smallest absolute Gasteiger partial charge is 0.298 e. The highest BCUT2D eigenvalue weighted by molar-refractivity contribution is 7.82. The molecule has 31 heavy (non-hydrogen) atoms. The highest BCUT2D eigenvalue weighted by Crippen LogP contribution is 2.49. The summed E-state index contributed by atoms with van der Waals surface area (Å²) in [5, 5.41) is 0.0615. The summed E-state index contributed by atoms with van der Waals surface area (Å²) in [5.41, 5.74) is -0.195. The molecule has 3 rings (SSSR count). The number of carbonyl (C=O) groups excluding carboxylic acids is 2. The number of benzene rings is 3. The number of carbonyl (C=O) groups is 2. The lowest BCUT2D eigenvalue weighted by Crippen LogP contribution is -2.19. The number of hydrogen-bond acceptors (Lipinski definition) is 5. The Balaban J connectivity index is 2.21. The van der Waals surface area contributed by atoms with Crippen molar-refractivity contribution in [3.8, 4) is 11.5 Å². The van der Waals surface area contributed by atoms with Gasteiger partial charge in [0.25, 0.3) is 12.9 Å². The van der Waals surface area contributed by atoms with Crippen LogP contribution < -0.4 is 14.8 Å². The molecule has 3 aromatic rings. The average molecular weight is 438 g/mol. The molecule has 0 heterocycles. The van der Waals surface area contributed by atoms with Gasteiger partial charge >= 0.3 is 0 Å². The molecule has 0 radical (unpaired) electrons. The fraction of sp³-hybridized carbons (Fsp3) is 0.167. The van der Waals surface area contributed by atoms with E-state index in [2.05, 4.69) is 0 Å². The maximum Gasteiger partial charge on any atom is 0.298 e. The van der Waals surface area contributed by atoms with Gasteiger partial charge in [0.1, 0.15) is 17.1 Å². The van der Waals surface area contributed by atoms with E-state index in [4.69, 9.17) is 9.47 Å². The van der Waals surface area contributed by atoms with E-state index >= 15 is 0 Å². The van der Waals surface area contributed by atoms with E-state index in [1.54, 1.807) is 48.5 Å². The Hall–Kier alpha value is -3.21. The lowest BCUT2D eigenvalue weighted by molar-refractivity contribution is 0.103. The van der Waals surface area contributed by atoms with Gasteiger partial charge in [-0.2, -0.15) is 0 Å². The molecule has 0 aromatic heterocycles. The van der Waals surface area contributed by atoms with E-state index < -0.39 is 12.9 Å². The topological polar surface area (TPSA) is 89.9 Å². The van der Waals surface area contributed by atoms with Gasteiger partial charge in [-0.15, -0.1) is 0 Å². The minimum Gasteiger partial charge on any atom is -0.496 e. The third-order valence-electron chi connectivity index (χ3n) is 5.01. The highest BCUT2D eigenvalue weighted by atomic mass is 31.2. The van der Waals surface area contributed by atoms with Crippen molar-refractivity contribution in [2.75, 3.05) is 14.2 Å². The Labute approximate surface area is 180 Å². The van der Waals surface area contributed by atoms with Crippen molar-refractivity contribution in [1.82, 2.24) is 0 Å². The molecule has 160 valence electrons. The van der Waals surface area contributed by atoms with Crippen LogP contribution in [0.25, 0.3) is 0 Å². The van der Waals surface area contributed by atoms with Crippen LogP contribution in [0.4, 0.5) is 0 Å². The molecular formula is C24H23O6P. The van der Waals surface area contributed by atoms with E-state index in [1.165, 1.54) is 32.4 Å².